The molecule has 2 aliphatic heterocycles. The molecule has 2 rings (SSSR count). The summed E-state index contributed by atoms with van der Waals surface area (Å²) in [6, 6.07) is 0. The van der Waals surface area contributed by atoms with E-state index in [1.807, 2.05) is 7.05 Å². The first kappa shape index (κ1) is 9.93. The second-order valence-corrected chi connectivity index (χ2v) is 4.41. The fraction of sp³-hybridized carbons (Fsp3) is 0.900. The van der Waals surface area contributed by atoms with Gasteiger partial charge >= 0.3 is 0 Å². The number of rotatable bonds is 2. The molecule has 0 aromatic rings. The summed E-state index contributed by atoms with van der Waals surface area (Å²) in [6.07, 6.45) is 2.80. The minimum Gasteiger partial charge on any atom is -0.350 e. The maximum absolute atomic E-state index is 11.3. The molecule has 0 unspecified atom stereocenters. The van der Waals surface area contributed by atoms with Crippen molar-refractivity contribution in [1.29, 1.82) is 0 Å². The molecular weight excluding hydrogens is 178 g/mol. The van der Waals surface area contributed by atoms with Crippen LogP contribution in [0, 0.1) is 5.92 Å². The van der Waals surface area contributed by atoms with Crippen LogP contribution in [0.1, 0.15) is 19.3 Å². The van der Waals surface area contributed by atoms with Crippen molar-refractivity contribution in [2.75, 3.05) is 26.7 Å². The van der Waals surface area contributed by atoms with E-state index in [9.17, 15) is 4.79 Å². The summed E-state index contributed by atoms with van der Waals surface area (Å²) in [4.78, 5) is 11.3. The Morgan fingerprint density at radius 2 is 2.43 bits per heavy atom. The average molecular weight is 197 g/mol. The van der Waals surface area contributed by atoms with Gasteiger partial charge in [-0.15, -0.1) is 0 Å². The molecule has 0 aromatic carbocycles. The number of carbonyl (C=O) groups excluding carboxylic acids is 1. The molecule has 0 aliphatic carbocycles. The topological polar surface area (TPSA) is 53.2 Å². The normalized spacial score (nSPS) is 37.5. The highest BCUT2D eigenvalue weighted by Crippen LogP contribution is 2.33. The molecule has 4 heteroatoms. The first-order chi connectivity index (χ1) is 6.77. The maximum Gasteiger partial charge on any atom is 0.220 e. The van der Waals surface area contributed by atoms with E-state index in [2.05, 4.69) is 16.0 Å². The van der Waals surface area contributed by atoms with Crippen molar-refractivity contribution >= 4 is 5.91 Å². The highest BCUT2D eigenvalue weighted by molar-refractivity contribution is 5.79. The van der Waals surface area contributed by atoms with E-state index < -0.39 is 0 Å². The second kappa shape index (κ2) is 3.87. The summed E-state index contributed by atoms with van der Waals surface area (Å²) < 4.78 is 0. The van der Waals surface area contributed by atoms with Crippen molar-refractivity contribution < 1.29 is 4.79 Å². The minimum atomic E-state index is 0.0886. The summed E-state index contributed by atoms with van der Waals surface area (Å²) in [5.74, 6) is 0.765. The number of nitrogens with one attached hydrogen (secondary N) is 3. The molecule has 2 fully saturated rings. The highest BCUT2D eigenvalue weighted by Gasteiger charge is 2.44. The molecule has 2 atom stereocenters. The molecule has 0 aromatic heterocycles. The quantitative estimate of drug-likeness (QED) is 0.557. The zero-order valence-corrected chi connectivity index (χ0v) is 8.73. The Kier molecular flexibility index (Phi) is 2.74. The standard InChI is InChI=1S/C10H19N3O/c1-11-6-8-7-12-5-4-10(8)3-2-9(14)13-10/h8,11-12H,2-7H2,1H3,(H,13,14)/t8-,10+/m1/s1. The lowest BCUT2D eigenvalue weighted by Gasteiger charge is -2.41. The molecule has 2 heterocycles. The molecule has 1 amide bonds. The number of amides is 1. The molecular formula is C10H19N3O. The largest absolute Gasteiger partial charge is 0.350 e. The van der Waals surface area contributed by atoms with Crippen LogP contribution >= 0.6 is 0 Å². The second-order valence-electron chi connectivity index (χ2n) is 4.41. The number of hydrogen-bond donors (Lipinski definition) is 3. The van der Waals surface area contributed by atoms with E-state index in [0.29, 0.717) is 12.3 Å². The van der Waals surface area contributed by atoms with Gasteiger partial charge in [-0.25, -0.2) is 0 Å². The van der Waals surface area contributed by atoms with Gasteiger partial charge in [-0.1, -0.05) is 0 Å². The Labute approximate surface area is 84.8 Å². The minimum absolute atomic E-state index is 0.0886. The first-order valence-electron chi connectivity index (χ1n) is 5.43. The van der Waals surface area contributed by atoms with Gasteiger partial charge in [-0.2, -0.15) is 0 Å². The Balaban J connectivity index is 2.08. The van der Waals surface area contributed by atoms with Crippen LogP contribution in [0.15, 0.2) is 0 Å². The zero-order chi connectivity index (χ0) is 10.0. The van der Waals surface area contributed by atoms with Gasteiger partial charge in [0.1, 0.15) is 0 Å². The monoisotopic (exact) mass is 197 g/mol. The number of carbonyl (C=O) groups is 1. The molecule has 0 radical (unpaired) electrons. The van der Waals surface area contributed by atoms with E-state index in [0.717, 1.165) is 32.5 Å². The third-order valence-corrected chi connectivity index (χ3v) is 3.56. The van der Waals surface area contributed by atoms with Crippen molar-refractivity contribution in [2.24, 2.45) is 5.92 Å². The lowest BCUT2D eigenvalue weighted by molar-refractivity contribution is -0.120. The Morgan fingerprint density at radius 3 is 3.07 bits per heavy atom. The van der Waals surface area contributed by atoms with Crippen LogP contribution < -0.4 is 16.0 Å². The van der Waals surface area contributed by atoms with Gasteiger partial charge in [0.15, 0.2) is 0 Å². The third kappa shape index (κ3) is 1.64. The van der Waals surface area contributed by atoms with Crippen LogP contribution in [0.2, 0.25) is 0 Å². The average Bonchev–Trinajstić information content (AvgIpc) is 2.53. The summed E-state index contributed by atoms with van der Waals surface area (Å²) in [6.45, 7) is 3.02. The fourth-order valence-corrected chi connectivity index (χ4v) is 2.73. The zero-order valence-electron chi connectivity index (χ0n) is 8.73. The molecule has 80 valence electrons. The molecule has 3 N–H and O–H groups in total. The summed E-state index contributed by atoms with van der Waals surface area (Å²) in [5.41, 5.74) is 0.0886. The molecule has 0 bridgehead atoms. The van der Waals surface area contributed by atoms with Gasteiger partial charge in [-0.3, -0.25) is 4.79 Å². The maximum atomic E-state index is 11.3. The van der Waals surface area contributed by atoms with Crippen molar-refractivity contribution in [2.45, 2.75) is 24.8 Å². The first-order valence-corrected chi connectivity index (χ1v) is 5.43. The smallest absolute Gasteiger partial charge is 0.220 e. The lowest BCUT2D eigenvalue weighted by Crippen LogP contribution is -2.59. The van der Waals surface area contributed by atoms with Crippen molar-refractivity contribution in [3.8, 4) is 0 Å². The van der Waals surface area contributed by atoms with E-state index >= 15 is 0 Å². The predicted molar refractivity (Wildman–Crippen MR) is 55.0 cm³/mol. The van der Waals surface area contributed by atoms with Gasteiger partial charge in [0, 0.05) is 31.0 Å². The van der Waals surface area contributed by atoms with Crippen LogP contribution in [-0.2, 0) is 4.79 Å². The summed E-state index contributed by atoms with van der Waals surface area (Å²) in [5, 5.41) is 9.79. The molecule has 2 aliphatic rings. The number of piperidine rings is 1. The van der Waals surface area contributed by atoms with Crippen molar-refractivity contribution in [3.63, 3.8) is 0 Å². The van der Waals surface area contributed by atoms with E-state index in [1.54, 1.807) is 0 Å². The van der Waals surface area contributed by atoms with E-state index in [1.165, 1.54) is 0 Å². The van der Waals surface area contributed by atoms with Gasteiger partial charge < -0.3 is 16.0 Å². The van der Waals surface area contributed by atoms with Gasteiger partial charge in [0.05, 0.1) is 0 Å². The van der Waals surface area contributed by atoms with Gasteiger partial charge in [0.2, 0.25) is 5.91 Å². The summed E-state index contributed by atoms with van der Waals surface area (Å²) >= 11 is 0. The Morgan fingerprint density at radius 1 is 1.57 bits per heavy atom. The Bertz CT molecular complexity index is 229. The molecule has 14 heavy (non-hydrogen) atoms. The SMILES string of the molecule is CNC[C@@H]1CNCC[C@@]12CCC(=O)N2. The van der Waals surface area contributed by atoms with Crippen LogP contribution in [0.3, 0.4) is 0 Å². The van der Waals surface area contributed by atoms with Crippen LogP contribution in [0.25, 0.3) is 0 Å². The number of hydrogen-bond acceptors (Lipinski definition) is 3. The predicted octanol–water partition coefficient (Wildman–Crippen LogP) is -0.536. The van der Waals surface area contributed by atoms with Gasteiger partial charge in [-0.05, 0) is 26.4 Å². The van der Waals surface area contributed by atoms with Gasteiger partial charge in [0.25, 0.3) is 0 Å². The van der Waals surface area contributed by atoms with E-state index in [4.69, 9.17) is 0 Å². The van der Waals surface area contributed by atoms with E-state index in [-0.39, 0.29) is 11.4 Å². The lowest BCUT2D eigenvalue weighted by atomic mass is 9.77. The highest BCUT2D eigenvalue weighted by atomic mass is 16.2. The Hall–Kier alpha value is -0.610. The third-order valence-electron chi connectivity index (χ3n) is 3.56. The van der Waals surface area contributed by atoms with Crippen molar-refractivity contribution in [3.05, 3.63) is 0 Å². The molecule has 4 nitrogen and oxygen atoms in total. The van der Waals surface area contributed by atoms with Crippen LogP contribution in [0.5, 0.6) is 0 Å². The molecule has 1 spiro atoms. The van der Waals surface area contributed by atoms with Crippen LogP contribution in [-0.4, -0.2) is 38.1 Å². The molecule has 0 saturated carbocycles. The van der Waals surface area contributed by atoms with Crippen molar-refractivity contribution in [1.82, 2.24) is 16.0 Å². The fourth-order valence-electron chi connectivity index (χ4n) is 2.73. The summed E-state index contributed by atoms with van der Waals surface area (Å²) in [7, 11) is 1.97. The van der Waals surface area contributed by atoms with Crippen LogP contribution in [0.4, 0.5) is 0 Å². The molecule has 2 saturated heterocycles.